The molecule has 0 fully saturated rings. The van der Waals surface area contributed by atoms with Crippen molar-refractivity contribution in [3.05, 3.63) is 16.4 Å². The average Bonchev–Trinajstić information content (AvgIpc) is 2.70. The van der Waals surface area contributed by atoms with Crippen molar-refractivity contribution in [3.8, 4) is 0 Å². The van der Waals surface area contributed by atoms with Crippen LogP contribution in [-0.4, -0.2) is 49.3 Å². The van der Waals surface area contributed by atoms with Crippen molar-refractivity contribution in [1.82, 2.24) is 15.1 Å². The van der Waals surface area contributed by atoms with E-state index in [-0.39, 0.29) is 0 Å². The minimum Gasteiger partial charge on any atom is -0.382 e. The van der Waals surface area contributed by atoms with Crippen LogP contribution in [0.4, 0.5) is 0 Å². The molecular formula is C15H28ClN3O2. The summed E-state index contributed by atoms with van der Waals surface area (Å²) in [6.07, 6.45) is 2.92. The minimum atomic E-state index is 0.347. The summed E-state index contributed by atoms with van der Waals surface area (Å²) in [4.78, 5) is 0. The van der Waals surface area contributed by atoms with E-state index >= 15 is 0 Å². The third-order valence-corrected chi connectivity index (χ3v) is 3.92. The SMILES string of the molecule is CCCNC(CCOCCOC)Cc1c(Cl)c(C)nn1C. The molecule has 0 aliphatic rings. The summed E-state index contributed by atoms with van der Waals surface area (Å²) in [6.45, 7) is 7.10. The van der Waals surface area contributed by atoms with E-state index in [1.165, 1.54) is 0 Å². The van der Waals surface area contributed by atoms with Crippen LogP contribution in [0.2, 0.25) is 5.02 Å². The number of rotatable bonds is 11. The minimum absolute atomic E-state index is 0.347. The van der Waals surface area contributed by atoms with Crippen LogP contribution in [0, 0.1) is 6.92 Å². The van der Waals surface area contributed by atoms with Crippen molar-refractivity contribution < 1.29 is 9.47 Å². The van der Waals surface area contributed by atoms with E-state index < -0.39 is 0 Å². The van der Waals surface area contributed by atoms with Gasteiger partial charge in [-0.3, -0.25) is 4.68 Å². The summed E-state index contributed by atoms with van der Waals surface area (Å²) in [5.74, 6) is 0. The lowest BCUT2D eigenvalue weighted by Crippen LogP contribution is -2.33. The van der Waals surface area contributed by atoms with E-state index in [9.17, 15) is 0 Å². The van der Waals surface area contributed by atoms with Gasteiger partial charge < -0.3 is 14.8 Å². The van der Waals surface area contributed by atoms with Crippen molar-refractivity contribution in [2.45, 2.75) is 39.2 Å². The summed E-state index contributed by atoms with van der Waals surface area (Å²) < 4.78 is 12.4. The monoisotopic (exact) mass is 317 g/mol. The van der Waals surface area contributed by atoms with Gasteiger partial charge in [-0.1, -0.05) is 18.5 Å². The van der Waals surface area contributed by atoms with E-state index in [1.54, 1.807) is 7.11 Å². The van der Waals surface area contributed by atoms with Gasteiger partial charge in [0.05, 0.1) is 29.6 Å². The van der Waals surface area contributed by atoms with Crippen molar-refractivity contribution in [2.24, 2.45) is 7.05 Å². The second-order valence-electron chi connectivity index (χ2n) is 5.22. The van der Waals surface area contributed by atoms with Gasteiger partial charge >= 0.3 is 0 Å². The fourth-order valence-corrected chi connectivity index (χ4v) is 2.47. The maximum atomic E-state index is 6.34. The van der Waals surface area contributed by atoms with E-state index in [0.717, 1.165) is 48.8 Å². The number of hydrogen-bond donors (Lipinski definition) is 1. The molecule has 0 saturated heterocycles. The van der Waals surface area contributed by atoms with Crippen molar-refractivity contribution in [2.75, 3.05) is 33.5 Å². The molecule has 1 N–H and O–H groups in total. The first-order chi connectivity index (χ1) is 10.1. The Bertz CT molecular complexity index is 410. The number of ether oxygens (including phenoxy) is 2. The van der Waals surface area contributed by atoms with E-state index in [2.05, 4.69) is 17.3 Å². The second-order valence-corrected chi connectivity index (χ2v) is 5.60. The van der Waals surface area contributed by atoms with E-state index in [4.69, 9.17) is 21.1 Å². The summed E-state index contributed by atoms with van der Waals surface area (Å²) in [7, 11) is 3.63. The highest BCUT2D eigenvalue weighted by Gasteiger charge is 2.16. The highest BCUT2D eigenvalue weighted by molar-refractivity contribution is 6.31. The van der Waals surface area contributed by atoms with Gasteiger partial charge in [-0.05, 0) is 26.3 Å². The van der Waals surface area contributed by atoms with Gasteiger partial charge in [0.25, 0.3) is 0 Å². The Morgan fingerprint density at radius 3 is 2.67 bits per heavy atom. The molecule has 1 aromatic heterocycles. The smallest absolute Gasteiger partial charge is 0.0847 e. The predicted octanol–water partition coefficient (Wildman–Crippen LogP) is 2.35. The molecule has 0 spiro atoms. The van der Waals surface area contributed by atoms with Crippen LogP contribution in [-0.2, 0) is 22.9 Å². The predicted molar refractivity (Wildman–Crippen MR) is 86.1 cm³/mol. The number of methoxy groups -OCH3 is 1. The first-order valence-corrected chi connectivity index (χ1v) is 7.96. The highest BCUT2D eigenvalue weighted by atomic mass is 35.5. The van der Waals surface area contributed by atoms with Gasteiger partial charge in [-0.2, -0.15) is 5.10 Å². The summed E-state index contributed by atoms with van der Waals surface area (Å²) in [6, 6.07) is 0.347. The molecule has 0 amide bonds. The average molecular weight is 318 g/mol. The number of nitrogens with zero attached hydrogens (tertiary/aromatic N) is 2. The maximum absolute atomic E-state index is 6.34. The Kier molecular flexibility index (Phi) is 8.92. The van der Waals surface area contributed by atoms with E-state index in [1.807, 2.05) is 18.7 Å². The van der Waals surface area contributed by atoms with Crippen LogP contribution in [0.15, 0.2) is 0 Å². The number of aryl methyl sites for hydroxylation is 2. The molecule has 1 rings (SSSR count). The Morgan fingerprint density at radius 2 is 2.10 bits per heavy atom. The van der Waals surface area contributed by atoms with E-state index in [0.29, 0.717) is 19.3 Å². The fourth-order valence-electron chi connectivity index (χ4n) is 2.23. The Hall–Kier alpha value is -0.620. The maximum Gasteiger partial charge on any atom is 0.0847 e. The normalized spacial score (nSPS) is 12.8. The molecular weight excluding hydrogens is 290 g/mol. The van der Waals surface area contributed by atoms with Crippen LogP contribution in [0.25, 0.3) is 0 Å². The molecule has 0 saturated carbocycles. The summed E-state index contributed by atoms with van der Waals surface area (Å²) in [5.41, 5.74) is 1.97. The van der Waals surface area contributed by atoms with Crippen LogP contribution in [0.3, 0.4) is 0 Å². The zero-order chi connectivity index (χ0) is 15.7. The molecule has 0 aliphatic carbocycles. The number of halogens is 1. The third kappa shape index (κ3) is 6.34. The molecule has 0 bridgehead atoms. The topological polar surface area (TPSA) is 48.3 Å². The van der Waals surface area contributed by atoms with Gasteiger partial charge in [-0.25, -0.2) is 0 Å². The lowest BCUT2D eigenvalue weighted by atomic mass is 10.1. The Balaban J connectivity index is 2.52. The van der Waals surface area contributed by atoms with Gasteiger partial charge in [0.1, 0.15) is 0 Å². The van der Waals surface area contributed by atoms with Gasteiger partial charge in [-0.15, -0.1) is 0 Å². The fraction of sp³-hybridized carbons (Fsp3) is 0.800. The van der Waals surface area contributed by atoms with Crippen molar-refractivity contribution in [3.63, 3.8) is 0 Å². The molecule has 0 aromatic carbocycles. The first-order valence-electron chi connectivity index (χ1n) is 7.58. The highest BCUT2D eigenvalue weighted by Crippen LogP contribution is 2.21. The molecule has 1 aromatic rings. The molecule has 6 heteroatoms. The first kappa shape index (κ1) is 18.4. The Morgan fingerprint density at radius 1 is 1.33 bits per heavy atom. The Labute approximate surface area is 132 Å². The number of nitrogens with one attached hydrogen (secondary N) is 1. The summed E-state index contributed by atoms with van der Waals surface area (Å²) >= 11 is 6.34. The molecule has 122 valence electrons. The quantitative estimate of drug-likeness (QED) is 0.636. The number of hydrogen-bond acceptors (Lipinski definition) is 4. The zero-order valence-corrected chi connectivity index (χ0v) is 14.4. The molecule has 0 radical (unpaired) electrons. The molecule has 1 heterocycles. The summed E-state index contributed by atoms with van der Waals surface area (Å²) in [5, 5.41) is 8.71. The standard InChI is InChI=1S/C15H28ClN3O2/c1-5-7-17-13(6-8-21-10-9-20-4)11-14-15(16)12(2)18-19(14)3/h13,17H,5-11H2,1-4H3. The molecule has 1 unspecified atom stereocenters. The zero-order valence-electron chi connectivity index (χ0n) is 13.6. The van der Waals surface area contributed by atoms with Crippen LogP contribution >= 0.6 is 11.6 Å². The molecule has 21 heavy (non-hydrogen) atoms. The third-order valence-electron chi connectivity index (χ3n) is 3.43. The van der Waals surface area contributed by atoms with Crippen LogP contribution in [0.5, 0.6) is 0 Å². The van der Waals surface area contributed by atoms with Crippen LogP contribution in [0.1, 0.15) is 31.2 Å². The lowest BCUT2D eigenvalue weighted by Gasteiger charge is -2.19. The van der Waals surface area contributed by atoms with Crippen molar-refractivity contribution >= 4 is 11.6 Å². The second kappa shape index (κ2) is 10.2. The molecule has 1 atom stereocenters. The number of aromatic nitrogens is 2. The van der Waals surface area contributed by atoms with Crippen molar-refractivity contribution in [1.29, 1.82) is 0 Å². The molecule has 5 nitrogen and oxygen atoms in total. The largest absolute Gasteiger partial charge is 0.382 e. The molecule has 0 aliphatic heterocycles. The van der Waals surface area contributed by atoms with Gasteiger partial charge in [0.2, 0.25) is 0 Å². The van der Waals surface area contributed by atoms with Crippen LogP contribution < -0.4 is 5.32 Å². The van der Waals surface area contributed by atoms with Gasteiger partial charge in [0.15, 0.2) is 0 Å². The lowest BCUT2D eigenvalue weighted by molar-refractivity contribution is 0.0657. The van der Waals surface area contributed by atoms with Gasteiger partial charge in [0, 0.05) is 33.2 Å².